The molecule has 1 saturated heterocycles. The highest BCUT2D eigenvalue weighted by Gasteiger charge is 2.53. The molecule has 0 atom stereocenters. The molecule has 2 fully saturated rings. The molecule has 2 amide bonds. The summed E-state index contributed by atoms with van der Waals surface area (Å²) in [6.45, 7) is 8.39. The van der Waals surface area contributed by atoms with Crippen molar-refractivity contribution < 1.29 is 9.59 Å². The van der Waals surface area contributed by atoms with Crippen molar-refractivity contribution in [2.45, 2.75) is 77.3 Å². The zero-order chi connectivity index (χ0) is 15.0. The predicted octanol–water partition coefficient (Wildman–Crippen LogP) is 2.47. The summed E-state index contributed by atoms with van der Waals surface area (Å²) in [5.74, 6) is 0.663. The predicted molar refractivity (Wildman–Crippen MR) is 79.2 cm³/mol. The minimum Gasteiger partial charge on any atom is -0.340 e. The Kier molecular flexibility index (Phi) is 4.12. The molecule has 2 rings (SSSR count). The quantitative estimate of drug-likeness (QED) is 0.860. The average Bonchev–Trinajstić information content (AvgIpc) is 2.89. The number of nitrogens with one attached hydrogen (secondary N) is 1. The Morgan fingerprint density at radius 3 is 2.20 bits per heavy atom. The summed E-state index contributed by atoms with van der Waals surface area (Å²) in [4.78, 5) is 27.3. The van der Waals surface area contributed by atoms with E-state index in [4.69, 9.17) is 0 Å². The minimum absolute atomic E-state index is 0.0186. The molecule has 1 N–H and O–H groups in total. The van der Waals surface area contributed by atoms with Crippen LogP contribution in [0.3, 0.4) is 0 Å². The Labute approximate surface area is 122 Å². The van der Waals surface area contributed by atoms with E-state index in [1.165, 1.54) is 25.7 Å². The SMILES string of the molecule is CCC1(CC)C(=O)NC(C)(C)C(=O)N1CC1CCCC1. The van der Waals surface area contributed by atoms with Gasteiger partial charge in [0, 0.05) is 6.54 Å². The standard InChI is InChI=1S/C16H28N2O2/c1-5-16(6-2)13(19)17-15(3,4)14(20)18(16)11-12-9-7-8-10-12/h12H,5-11H2,1-4H3,(H,17,19). The van der Waals surface area contributed by atoms with Crippen LogP contribution in [0.1, 0.15) is 66.2 Å². The molecule has 0 aromatic carbocycles. The van der Waals surface area contributed by atoms with Gasteiger partial charge in [0.2, 0.25) is 11.8 Å². The zero-order valence-corrected chi connectivity index (χ0v) is 13.3. The lowest BCUT2D eigenvalue weighted by molar-refractivity contribution is -0.163. The second kappa shape index (κ2) is 5.38. The van der Waals surface area contributed by atoms with E-state index < -0.39 is 11.1 Å². The van der Waals surface area contributed by atoms with Crippen LogP contribution in [0.15, 0.2) is 0 Å². The number of nitrogens with zero attached hydrogens (tertiary/aromatic N) is 1. The Morgan fingerprint density at radius 2 is 1.70 bits per heavy atom. The van der Waals surface area contributed by atoms with E-state index in [9.17, 15) is 9.59 Å². The highest BCUT2D eigenvalue weighted by atomic mass is 16.2. The second-order valence-electron chi connectivity index (χ2n) is 6.88. The van der Waals surface area contributed by atoms with Crippen LogP contribution in [0.2, 0.25) is 0 Å². The van der Waals surface area contributed by atoms with Gasteiger partial charge in [0.1, 0.15) is 11.1 Å². The molecule has 114 valence electrons. The Balaban J connectivity index is 2.32. The van der Waals surface area contributed by atoms with Gasteiger partial charge in [0.05, 0.1) is 0 Å². The van der Waals surface area contributed by atoms with Crippen LogP contribution in [-0.4, -0.2) is 34.3 Å². The largest absolute Gasteiger partial charge is 0.340 e. The van der Waals surface area contributed by atoms with Gasteiger partial charge in [0.25, 0.3) is 0 Å². The van der Waals surface area contributed by atoms with Gasteiger partial charge in [-0.1, -0.05) is 26.7 Å². The van der Waals surface area contributed by atoms with Gasteiger partial charge in [-0.3, -0.25) is 9.59 Å². The maximum atomic E-state index is 12.8. The van der Waals surface area contributed by atoms with Crippen LogP contribution in [0.25, 0.3) is 0 Å². The molecule has 1 aliphatic carbocycles. The number of carbonyl (C=O) groups excluding carboxylic acids is 2. The van der Waals surface area contributed by atoms with E-state index in [0.29, 0.717) is 18.8 Å². The fourth-order valence-corrected chi connectivity index (χ4v) is 3.77. The lowest BCUT2D eigenvalue weighted by Gasteiger charge is -2.51. The van der Waals surface area contributed by atoms with E-state index in [1.807, 2.05) is 32.6 Å². The number of hydrogen-bond acceptors (Lipinski definition) is 2. The number of amides is 2. The molecule has 0 unspecified atom stereocenters. The van der Waals surface area contributed by atoms with Crippen molar-refractivity contribution in [2.75, 3.05) is 6.54 Å². The van der Waals surface area contributed by atoms with Gasteiger partial charge in [-0.25, -0.2) is 0 Å². The summed E-state index contributed by atoms with van der Waals surface area (Å²) < 4.78 is 0. The first-order chi connectivity index (χ1) is 9.37. The lowest BCUT2D eigenvalue weighted by Crippen LogP contribution is -2.74. The van der Waals surface area contributed by atoms with Crippen molar-refractivity contribution in [2.24, 2.45) is 5.92 Å². The first-order valence-corrected chi connectivity index (χ1v) is 8.02. The van der Waals surface area contributed by atoms with Crippen molar-refractivity contribution in [3.05, 3.63) is 0 Å². The molecular formula is C16H28N2O2. The molecule has 1 saturated carbocycles. The van der Waals surface area contributed by atoms with E-state index in [1.54, 1.807) is 0 Å². The van der Waals surface area contributed by atoms with Gasteiger partial charge in [-0.2, -0.15) is 0 Å². The summed E-state index contributed by atoms with van der Waals surface area (Å²) >= 11 is 0. The van der Waals surface area contributed by atoms with Gasteiger partial charge < -0.3 is 10.2 Å². The first kappa shape index (κ1) is 15.3. The van der Waals surface area contributed by atoms with E-state index in [2.05, 4.69) is 5.32 Å². The van der Waals surface area contributed by atoms with Crippen LogP contribution in [0.4, 0.5) is 0 Å². The lowest BCUT2D eigenvalue weighted by atomic mass is 9.82. The number of rotatable bonds is 4. The molecule has 0 aromatic heterocycles. The molecule has 1 heterocycles. The fraction of sp³-hybridized carbons (Fsp3) is 0.875. The van der Waals surface area contributed by atoms with Gasteiger partial charge in [-0.15, -0.1) is 0 Å². The summed E-state index contributed by atoms with van der Waals surface area (Å²) in [5, 5.41) is 2.92. The first-order valence-electron chi connectivity index (χ1n) is 8.02. The smallest absolute Gasteiger partial charge is 0.248 e. The summed E-state index contributed by atoms with van der Waals surface area (Å²) in [6, 6.07) is 0. The van der Waals surface area contributed by atoms with Crippen LogP contribution < -0.4 is 5.32 Å². The topological polar surface area (TPSA) is 49.4 Å². The Hall–Kier alpha value is -1.06. The third-order valence-electron chi connectivity index (χ3n) is 5.23. The summed E-state index contributed by atoms with van der Waals surface area (Å²) in [5.41, 5.74) is -1.42. The Morgan fingerprint density at radius 1 is 1.15 bits per heavy atom. The molecule has 20 heavy (non-hydrogen) atoms. The van der Waals surface area contributed by atoms with E-state index in [-0.39, 0.29) is 11.8 Å². The minimum atomic E-state index is -0.774. The fourth-order valence-electron chi connectivity index (χ4n) is 3.77. The van der Waals surface area contributed by atoms with Gasteiger partial charge in [0.15, 0.2) is 0 Å². The van der Waals surface area contributed by atoms with Crippen molar-refractivity contribution in [1.29, 1.82) is 0 Å². The van der Waals surface area contributed by atoms with Crippen molar-refractivity contribution >= 4 is 11.8 Å². The second-order valence-corrected chi connectivity index (χ2v) is 6.88. The van der Waals surface area contributed by atoms with E-state index >= 15 is 0 Å². The molecule has 0 bridgehead atoms. The maximum absolute atomic E-state index is 12.8. The number of piperazine rings is 1. The third-order valence-corrected chi connectivity index (χ3v) is 5.23. The number of carbonyl (C=O) groups is 2. The molecule has 0 radical (unpaired) electrons. The third kappa shape index (κ3) is 2.33. The van der Waals surface area contributed by atoms with Crippen LogP contribution in [-0.2, 0) is 9.59 Å². The van der Waals surface area contributed by atoms with Crippen molar-refractivity contribution in [3.63, 3.8) is 0 Å². The molecule has 0 spiro atoms. The summed E-state index contributed by atoms with van der Waals surface area (Å²) in [7, 11) is 0. The maximum Gasteiger partial charge on any atom is 0.248 e. The van der Waals surface area contributed by atoms with Gasteiger partial charge >= 0.3 is 0 Å². The normalized spacial score (nSPS) is 25.9. The molecule has 2 aliphatic rings. The zero-order valence-electron chi connectivity index (χ0n) is 13.3. The summed E-state index contributed by atoms with van der Waals surface area (Å²) in [6.07, 6.45) is 6.26. The van der Waals surface area contributed by atoms with Crippen LogP contribution >= 0.6 is 0 Å². The average molecular weight is 280 g/mol. The van der Waals surface area contributed by atoms with Crippen LogP contribution in [0.5, 0.6) is 0 Å². The molecule has 4 nitrogen and oxygen atoms in total. The van der Waals surface area contributed by atoms with Crippen LogP contribution in [0, 0.1) is 5.92 Å². The highest BCUT2D eigenvalue weighted by Crippen LogP contribution is 2.35. The van der Waals surface area contributed by atoms with Crippen molar-refractivity contribution in [3.8, 4) is 0 Å². The Bertz CT molecular complexity index is 393. The van der Waals surface area contributed by atoms with E-state index in [0.717, 1.165) is 6.54 Å². The molecular weight excluding hydrogens is 252 g/mol. The number of hydrogen-bond donors (Lipinski definition) is 1. The highest BCUT2D eigenvalue weighted by molar-refractivity contribution is 6.01. The van der Waals surface area contributed by atoms with Gasteiger partial charge in [-0.05, 0) is 45.4 Å². The molecule has 4 heteroatoms. The van der Waals surface area contributed by atoms with Crippen molar-refractivity contribution in [1.82, 2.24) is 10.2 Å². The monoisotopic (exact) mass is 280 g/mol. The molecule has 1 aliphatic heterocycles. The molecule has 0 aromatic rings.